The normalized spacial score (nSPS) is 21.0. The van der Waals surface area contributed by atoms with Gasteiger partial charge in [-0.3, -0.25) is 9.59 Å². The summed E-state index contributed by atoms with van der Waals surface area (Å²) in [6.45, 7) is 6.17. The molecule has 1 atom stereocenters. The van der Waals surface area contributed by atoms with Gasteiger partial charge in [-0.25, -0.2) is 0 Å². The number of nitrogens with zero attached hydrogens (tertiary/aromatic N) is 1. The van der Waals surface area contributed by atoms with Gasteiger partial charge in [-0.2, -0.15) is 0 Å². The molecule has 1 aliphatic heterocycles. The second-order valence-corrected chi connectivity index (χ2v) is 7.29. The number of hydrogen-bond acceptors (Lipinski definition) is 3. The lowest BCUT2D eigenvalue weighted by atomic mass is 9.77. The number of carbonyl (C=O) groups is 2. The van der Waals surface area contributed by atoms with E-state index in [2.05, 4.69) is 24.4 Å². The smallest absolute Gasteiger partial charge is 0.245 e. The zero-order valence-electron chi connectivity index (χ0n) is 15.2. The fraction of sp³-hybridized carbons (Fsp3) is 0.600. The molecule has 1 saturated heterocycles. The van der Waals surface area contributed by atoms with Crippen molar-refractivity contribution in [2.45, 2.75) is 51.0 Å². The maximum atomic E-state index is 13.2. The van der Waals surface area contributed by atoms with E-state index in [9.17, 15) is 9.59 Å². The minimum Gasteiger partial charge on any atom is -0.378 e. The number of aryl methyl sites for hydroxylation is 1. The molecule has 1 unspecified atom stereocenters. The summed E-state index contributed by atoms with van der Waals surface area (Å²) in [4.78, 5) is 27.5. The Kier molecular flexibility index (Phi) is 5.42. The van der Waals surface area contributed by atoms with Crippen LogP contribution in [0.2, 0.25) is 0 Å². The van der Waals surface area contributed by atoms with Gasteiger partial charge in [-0.05, 0) is 32.3 Å². The Bertz CT molecular complexity index is 632. The number of rotatable bonds is 4. The van der Waals surface area contributed by atoms with Crippen LogP contribution < -0.4 is 5.32 Å². The van der Waals surface area contributed by atoms with Crippen LogP contribution in [0.5, 0.6) is 0 Å². The van der Waals surface area contributed by atoms with Crippen LogP contribution in [0.4, 0.5) is 0 Å². The average molecular weight is 344 g/mol. The molecule has 0 bridgehead atoms. The van der Waals surface area contributed by atoms with Crippen LogP contribution in [-0.2, 0) is 19.7 Å². The molecule has 0 radical (unpaired) electrons. The maximum Gasteiger partial charge on any atom is 0.245 e. The highest BCUT2D eigenvalue weighted by Crippen LogP contribution is 2.41. The largest absolute Gasteiger partial charge is 0.378 e. The van der Waals surface area contributed by atoms with Gasteiger partial charge < -0.3 is 15.0 Å². The molecule has 136 valence electrons. The molecule has 1 aliphatic carbocycles. The third-order valence-corrected chi connectivity index (χ3v) is 5.50. The number of hydrogen-bond donors (Lipinski definition) is 1. The fourth-order valence-corrected chi connectivity index (χ4v) is 4.02. The second kappa shape index (κ2) is 7.56. The minimum absolute atomic E-state index is 0.00953. The molecule has 1 aromatic carbocycles. The van der Waals surface area contributed by atoms with Crippen molar-refractivity contribution in [1.82, 2.24) is 10.2 Å². The van der Waals surface area contributed by atoms with E-state index >= 15 is 0 Å². The standard InChI is InChI=1S/C20H28N2O3/c1-15-6-5-7-17(14-15)20(8-3-4-9-20)19(24)21-16(2)18(23)22-10-12-25-13-11-22/h5-7,14,16H,3-4,8-13H2,1-2H3,(H,21,24). The number of morpholine rings is 1. The number of amides is 2. The first kappa shape index (κ1) is 17.9. The molecular weight excluding hydrogens is 316 g/mol. The average Bonchev–Trinajstić information content (AvgIpc) is 3.13. The topological polar surface area (TPSA) is 58.6 Å². The predicted molar refractivity (Wildman–Crippen MR) is 96.3 cm³/mol. The highest BCUT2D eigenvalue weighted by molar-refractivity contribution is 5.93. The van der Waals surface area contributed by atoms with E-state index in [1.165, 1.54) is 0 Å². The van der Waals surface area contributed by atoms with Crippen LogP contribution in [0.1, 0.15) is 43.7 Å². The summed E-state index contributed by atoms with van der Waals surface area (Å²) < 4.78 is 5.30. The second-order valence-electron chi connectivity index (χ2n) is 7.29. The lowest BCUT2D eigenvalue weighted by molar-refractivity contribution is -0.140. The first-order chi connectivity index (χ1) is 12.0. The van der Waals surface area contributed by atoms with Crippen molar-refractivity contribution in [2.75, 3.05) is 26.3 Å². The van der Waals surface area contributed by atoms with E-state index < -0.39 is 11.5 Å². The maximum absolute atomic E-state index is 13.2. The van der Waals surface area contributed by atoms with Crippen molar-refractivity contribution >= 4 is 11.8 Å². The van der Waals surface area contributed by atoms with Crippen LogP contribution in [0, 0.1) is 6.92 Å². The molecule has 2 fully saturated rings. The van der Waals surface area contributed by atoms with Gasteiger partial charge in [0.2, 0.25) is 11.8 Å². The Labute approximate surface area is 149 Å². The van der Waals surface area contributed by atoms with Gasteiger partial charge in [0.15, 0.2) is 0 Å². The molecule has 0 aromatic heterocycles. The summed E-state index contributed by atoms with van der Waals surface area (Å²) >= 11 is 0. The van der Waals surface area contributed by atoms with Gasteiger partial charge in [0.1, 0.15) is 6.04 Å². The lowest BCUT2D eigenvalue weighted by Gasteiger charge is -2.33. The third-order valence-electron chi connectivity index (χ3n) is 5.50. The quantitative estimate of drug-likeness (QED) is 0.911. The van der Waals surface area contributed by atoms with Crippen molar-refractivity contribution in [1.29, 1.82) is 0 Å². The lowest BCUT2D eigenvalue weighted by Crippen LogP contribution is -2.54. The van der Waals surface area contributed by atoms with Gasteiger partial charge in [-0.15, -0.1) is 0 Å². The number of nitrogens with one attached hydrogen (secondary N) is 1. The van der Waals surface area contributed by atoms with Gasteiger partial charge in [0, 0.05) is 13.1 Å². The van der Waals surface area contributed by atoms with Crippen molar-refractivity contribution in [3.63, 3.8) is 0 Å². The highest BCUT2D eigenvalue weighted by Gasteiger charge is 2.43. The molecule has 5 nitrogen and oxygen atoms in total. The van der Waals surface area contributed by atoms with Crippen molar-refractivity contribution in [3.8, 4) is 0 Å². The molecule has 2 amide bonds. The zero-order valence-corrected chi connectivity index (χ0v) is 15.2. The molecule has 3 rings (SSSR count). The van der Waals surface area contributed by atoms with Crippen molar-refractivity contribution in [3.05, 3.63) is 35.4 Å². The van der Waals surface area contributed by atoms with E-state index in [1.54, 1.807) is 11.8 Å². The predicted octanol–water partition coefficient (Wildman–Crippen LogP) is 2.17. The van der Waals surface area contributed by atoms with E-state index in [0.29, 0.717) is 26.3 Å². The monoisotopic (exact) mass is 344 g/mol. The molecule has 2 aliphatic rings. The first-order valence-electron chi connectivity index (χ1n) is 9.27. The van der Waals surface area contributed by atoms with Gasteiger partial charge in [-0.1, -0.05) is 42.7 Å². The summed E-state index contributed by atoms with van der Waals surface area (Å²) in [5, 5.41) is 3.01. The molecule has 1 N–H and O–H groups in total. The third kappa shape index (κ3) is 3.71. The molecule has 1 saturated carbocycles. The van der Waals surface area contributed by atoms with E-state index in [1.807, 2.05) is 12.1 Å². The Hall–Kier alpha value is -1.88. The zero-order chi connectivity index (χ0) is 17.9. The molecule has 5 heteroatoms. The number of benzene rings is 1. The van der Waals surface area contributed by atoms with Crippen LogP contribution in [0.15, 0.2) is 24.3 Å². The van der Waals surface area contributed by atoms with Crippen molar-refractivity contribution in [2.24, 2.45) is 0 Å². The Morgan fingerprint density at radius 1 is 1.20 bits per heavy atom. The minimum atomic E-state index is -0.507. The van der Waals surface area contributed by atoms with Gasteiger partial charge in [0.25, 0.3) is 0 Å². The SMILES string of the molecule is Cc1cccc(C2(C(=O)NC(C)C(=O)N3CCOCC3)CCCC2)c1. The molecule has 25 heavy (non-hydrogen) atoms. The van der Waals surface area contributed by atoms with Crippen LogP contribution in [-0.4, -0.2) is 49.1 Å². The van der Waals surface area contributed by atoms with Crippen LogP contribution >= 0.6 is 0 Å². The van der Waals surface area contributed by atoms with E-state index in [0.717, 1.165) is 36.8 Å². The van der Waals surface area contributed by atoms with Crippen LogP contribution in [0.3, 0.4) is 0 Å². The summed E-state index contributed by atoms with van der Waals surface area (Å²) in [7, 11) is 0. The van der Waals surface area contributed by atoms with Gasteiger partial charge in [0.05, 0.1) is 18.6 Å². The molecule has 0 spiro atoms. The van der Waals surface area contributed by atoms with Crippen LogP contribution in [0.25, 0.3) is 0 Å². The highest BCUT2D eigenvalue weighted by atomic mass is 16.5. The van der Waals surface area contributed by atoms with E-state index in [-0.39, 0.29) is 11.8 Å². The summed E-state index contributed by atoms with van der Waals surface area (Å²) in [6, 6.07) is 7.72. The Balaban J connectivity index is 1.74. The fourth-order valence-electron chi connectivity index (χ4n) is 4.02. The number of ether oxygens (including phenoxy) is 1. The molecule has 1 aromatic rings. The summed E-state index contributed by atoms with van der Waals surface area (Å²) in [5.41, 5.74) is 1.74. The Morgan fingerprint density at radius 3 is 2.52 bits per heavy atom. The molecular formula is C20H28N2O3. The summed E-state index contributed by atoms with van der Waals surface area (Å²) in [6.07, 6.45) is 3.79. The first-order valence-corrected chi connectivity index (χ1v) is 9.27. The van der Waals surface area contributed by atoms with Gasteiger partial charge >= 0.3 is 0 Å². The summed E-state index contributed by atoms with van der Waals surface area (Å²) in [5.74, 6) is -0.0289. The molecule has 1 heterocycles. The van der Waals surface area contributed by atoms with Crippen molar-refractivity contribution < 1.29 is 14.3 Å². The number of carbonyl (C=O) groups excluding carboxylic acids is 2. The van der Waals surface area contributed by atoms with E-state index in [4.69, 9.17) is 4.74 Å². The Morgan fingerprint density at radius 2 is 1.88 bits per heavy atom.